The van der Waals surface area contributed by atoms with Crippen molar-refractivity contribution in [3.63, 3.8) is 0 Å². The number of nitrogens with one attached hydrogen (secondary N) is 1. The van der Waals surface area contributed by atoms with E-state index in [1.165, 1.54) is 5.56 Å². The first-order chi connectivity index (χ1) is 15.5. The first-order valence-electron chi connectivity index (χ1n) is 12.1. The lowest BCUT2D eigenvalue weighted by Crippen LogP contribution is -2.42. The summed E-state index contributed by atoms with van der Waals surface area (Å²) in [6.07, 6.45) is 4.06. The van der Waals surface area contributed by atoms with Crippen LogP contribution >= 0.6 is 0 Å². The van der Waals surface area contributed by atoms with Gasteiger partial charge in [-0.2, -0.15) is 0 Å². The maximum atomic E-state index is 12.4. The summed E-state index contributed by atoms with van der Waals surface area (Å²) in [5.74, 6) is 0.731. The Balaban J connectivity index is 1.72. The molecule has 1 saturated heterocycles. The zero-order chi connectivity index (χ0) is 24.1. The molecule has 0 saturated carbocycles. The third-order valence-corrected chi connectivity index (χ3v) is 7.09. The number of aryl methyl sites for hydroxylation is 1. The van der Waals surface area contributed by atoms with Crippen LogP contribution in [0.4, 0.5) is 0 Å². The SMILES string of the molecule is Cc1c(-c2[nH]c3ccc(C4CCN(CC(C)(C)O)CC4)nc3c2C(C)C)cn(C)c(=O)c1C. The van der Waals surface area contributed by atoms with E-state index in [0.29, 0.717) is 18.4 Å². The molecule has 6 heteroatoms. The summed E-state index contributed by atoms with van der Waals surface area (Å²) in [6.45, 7) is 14.8. The Kier molecular flexibility index (Phi) is 6.27. The number of nitrogens with zero attached hydrogens (tertiary/aromatic N) is 3. The number of piperidine rings is 1. The zero-order valence-electron chi connectivity index (χ0n) is 21.1. The fourth-order valence-electron chi connectivity index (χ4n) is 5.26. The Morgan fingerprint density at radius 1 is 1.18 bits per heavy atom. The molecule has 0 aliphatic carbocycles. The number of hydrogen-bond donors (Lipinski definition) is 2. The topological polar surface area (TPSA) is 74.2 Å². The van der Waals surface area contributed by atoms with Crippen molar-refractivity contribution < 1.29 is 5.11 Å². The predicted molar refractivity (Wildman–Crippen MR) is 135 cm³/mol. The molecule has 4 rings (SSSR count). The first-order valence-corrected chi connectivity index (χ1v) is 12.1. The summed E-state index contributed by atoms with van der Waals surface area (Å²) >= 11 is 0. The number of aromatic nitrogens is 3. The number of likely N-dealkylation sites (tertiary alicyclic amines) is 1. The van der Waals surface area contributed by atoms with Crippen LogP contribution in [-0.4, -0.2) is 49.8 Å². The highest BCUT2D eigenvalue weighted by Gasteiger charge is 2.27. The minimum atomic E-state index is -0.658. The van der Waals surface area contributed by atoms with Gasteiger partial charge in [0.1, 0.15) is 0 Å². The van der Waals surface area contributed by atoms with Crippen LogP contribution < -0.4 is 5.56 Å². The van der Waals surface area contributed by atoms with E-state index in [1.807, 2.05) is 40.9 Å². The van der Waals surface area contributed by atoms with Crippen molar-refractivity contribution >= 4 is 11.0 Å². The number of fused-ring (bicyclic) bond motifs is 1. The molecule has 0 bridgehead atoms. The number of H-pyrrole nitrogens is 1. The van der Waals surface area contributed by atoms with E-state index in [9.17, 15) is 9.90 Å². The van der Waals surface area contributed by atoms with Crippen molar-refractivity contribution in [2.24, 2.45) is 7.05 Å². The zero-order valence-corrected chi connectivity index (χ0v) is 21.1. The highest BCUT2D eigenvalue weighted by Crippen LogP contribution is 2.37. The average Bonchev–Trinajstić information content (AvgIpc) is 3.13. The van der Waals surface area contributed by atoms with E-state index in [-0.39, 0.29) is 5.56 Å². The van der Waals surface area contributed by atoms with Crippen LogP contribution in [0.3, 0.4) is 0 Å². The number of aromatic amines is 1. The maximum absolute atomic E-state index is 12.4. The van der Waals surface area contributed by atoms with Gasteiger partial charge in [-0.3, -0.25) is 9.78 Å². The Morgan fingerprint density at radius 3 is 2.45 bits per heavy atom. The number of aliphatic hydroxyl groups is 1. The van der Waals surface area contributed by atoms with Gasteiger partial charge in [-0.25, -0.2) is 0 Å². The maximum Gasteiger partial charge on any atom is 0.253 e. The fraction of sp³-hybridized carbons (Fsp3) is 0.556. The molecule has 6 nitrogen and oxygen atoms in total. The molecule has 1 aliphatic rings. The Hall–Kier alpha value is -2.44. The van der Waals surface area contributed by atoms with Crippen LogP contribution in [0.15, 0.2) is 23.1 Å². The minimum absolute atomic E-state index is 0.0507. The molecule has 33 heavy (non-hydrogen) atoms. The Bertz CT molecular complexity index is 1220. The van der Waals surface area contributed by atoms with Crippen molar-refractivity contribution in [1.82, 2.24) is 19.4 Å². The van der Waals surface area contributed by atoms with Gasteiger partial charge in [0.2, 0.25) is 0 Å². The Morgan fingerprint density at radius 2 is 1.85 bits per heavy atom. The van der Waals surface area contributed by atoms with Crippen LogP contribution in [0.5, 0.6) is 0 Å². The molecular formula is C27H38N4O2. The molecular weight excluding hydrogens is 412 g/mol. The van der Waals surface area contributed by atoms with Crippen molar-refractivity contribution in [2.45, 2.75) is 71.8 Å². The second-order valence-electron chi connectivity index (χ2n) is 10.8. The number of hydrogen-bond acceptors (Lipinski definition) is 4. The quantitative estimate of drug-likeness (QED) is 0.595. The van der Waals surface area contributed by atoms with Gasteiger partial charge in [-0.05, 0) is 77.2 Å². The molecule has 0 radical (unpaired) electrons. The second-order valence-corrected chi connectivity index (χ2v) is 10.8. The molecule has 4 heterocycles. The normalized spacial score (nSPS) is 16.3. The van der Waals surface area contributed by atoms with Gasteiger partial charge in [-0.15, -0.1) is 0 Å². The molecule has 0 spiro atoms. The van der Waals surface area contributed by atoms with E-state index >= 15 is 0 Å². The van der Waals surface area contributed by atoms with Crippen molar-refractivity contribution in [3.05, 3.63) is 51.1 Å². The molecule has 0 atom stereocenters. The van der Waals surface area contributed by atoms with Crippen LogP contribution in [0.2, 0.25) is 0 Å². The molecule has 1 aliphatic heterocycles. The first kappa shape index (κ1) is 23.7. The van der Waals surface area contributed by atoms with Gasteiger partial charge in [0, 0.05) is 48.1 Å². The van der Waals surface area contributed by atoms with Crippen LogP contribution in [0.25, 0.3) is 22.3 Å². The third-order valence-electron chi connectivity index (χ3n) is 7.09. The lowest BCUT2D eigenvalue weighted by atomic mass is 9.91. The van der Waals surface area contributed by atoms with E-state index in [0.717, 1.165) is 65.0 Å². The smallest absolute Gasteiger partial charge is 0.253 e. The minimum Gasteiger partial charge on any atom is -0.389 e. The summed E-state index contributed by atoms with van der Waals surface area (Å²) in [7, 11) is 1.82. The molecule has 0 unspecified atom stereocenters. The molecule has 0 amide bonds. The third kappa shape index (κ3) is 4.64. The van der Waals surface area contributed by atoms with Crippen molar-refractivity contribution in [3.8, 4) is 11.3 Å². The average molecular weight is 451 g/mol. The largest absolute Gasteiger partial charge is 0.389 e. The summed E-state index contributed by atoms with van der Waals surface area (Å²) in [6, 6.07) is 4.34. The molecule has 2 N–H and O–H groups in total. The summed E-state index contributed by atoms with van der Waals surface area (Å²) in [4.78, 5) is 23.6. The number of pyridine rings is 2. The van der Waals surface area contributed by atoms with Gasteiger partial charge < -0.3 is 19.6 Å². The highest BCUT2D eigenvalue weighted by molar-refractivity contribution is 5.89. The molecule has 3 aromatic heterocycles. The number of rotatable bonds is 5. The lowest BCUT2D eigenvalue weighted by molar-refractivity contribution is 0.0280. The van der Waals surface area contributed by atoms with E-state index in [2.05, 4.69) is 35.9 Å². The van der Waals surface area contributed by atoms with Gasteiger partial charge >= 0.3 is 0 Å². The Labute approximate surface area is 196 Å². The predicted octanol–water partition coefficient (Wildman–Crippen LogP) is 4.62. The lowest BCUT2D eigenvalue weighted by Gasteiger charge is -2.35. The van der Waals surface area contributed by atoms with Gasteiger partial charge in [0.25, 0.3) is 5.56 Å². The van der Waals surface area contributed by atoms with Gasteiger partial charge in [-0.1, -0.05) is 13.8 Å². The summed E-state index contributed by atoms with van der Waals surface area (Å²) < 4.78 is 1.67. The summed E-state index contributed by atoms with van der Waals surface area (Å²) in [5.41, 5.74) is 7.80. The standard InChI is InChI=1S/C27H38N4O2/c1-16(2)23-24(20-14-30(7)26(32)18(4)17(20)3)29-22-9-8-21(28-25(22)23)19-10-12-31(13-11-19)15-27(5,6)33/h8-9,14,16,19,29,33H,10-13,15H2,1-7H3. The van der Waals surface area contributed by atoms with E-state index in [4.69, 9.17) is 4.98 Å². The van der Waals surface area contributed by atoms with E-state index < -0.39 is 5.60 Å². The summed E-state index contributed by atoms with van der Waals surface area (Å²) in [5, 5.41) is 10.1. The van der Waals surface area contributed by atoms with Crippen LogP contribution in [-0.2, 0) is 7.05 Å². The second kappa shape index (κ2) is 8.73. The van der Waals surface area contributed by atoms with Crippen molar-refractivity contribution in [2.75, 3.05) is 19.6 Å². The van der Waals surface area contributed by atoms with E-state index in [1.54, 1.807) is 4.57 Å². The molecule has 3 aromatic rings. The molecule has 178 valence electrons. The molecule has 0 aromatic carbocycles. The van der Waals surface area contributed by atoms with Crippen molar-refractivity contribution in [1.29, 1.82) is 0 Å². The fourth-order valence-corrected chi connectivity index (χ4v) is 5.26. The molecule has 1 fully saturated rings. The monoisotopic (exact) mass is 450 g/mol. The van der Waals surface area contributed by atoms with Crippen LogP contribution in [0.1, 0.15) is 74.8 Å². The van der Waals surface area contributed by atoms with Gasteiger partial charge in [0.15, 0.2) is 0 Å². The highest BCUT2D eigenvalue weighted by atomic mass is 16.3. The number of β-amino-alcohol motifs (C(OH)–C–C–N with tert-alkyl or cyclic N) is 1. The van der Waals surface area contributed by atoms with Gasteiger partial charge in [0.05, 0.1) is 22.3 Å². The van der Waals surface area contributed by atoms with Crippen LogP contribution in [0, 0.1) is 13.8 Å².